The summed E-state index contributed by atoms with van der Waals surface area (Å²) in [5.74, 6) is 0.514. The molecule has 0 spiro atoms. The van der Waals surface area contributed by atoms with Crippen LogP contribution in [-0.2, 0) is 50.4 Å². The monoisotopic (exact) mass is 1600 g/mol. The van der Waals surface area contributed by atoms with Gasteiger partial charge in [0.05, 0.1) is 49.5 Å². The van der Waals surface area contributed by atoms with Gasteiger partial charge in [-0.1, -0.05) is 136 Å². The molecule has 0 saturated heterocycles. The van der Waals surface area contributed by atoms with Crippen LogP contribution in [0.4, 0.5) is 8.78 Å². The van der Waals surface area contributed by atoms with Gasteiger partial charge in [-0.15, -0.1) is 0 Å². The summed E-state index contributed by atoms with van der Waals surface area (Å²) in [6, 6.07) is 50.6. The first-order valence-electron chi connectivity index (χ1n) is 34.4. The van der Waals surface area contributed by atoms with Gasteiger partial charge in [0.1, 0.15) is 109 Å². The Morgan fingerprint density at radius 1 is 0.518 bits per heavy atom. The Hall–Kier alpha value is -11.6. The van der Waals surface area contributed by atoms with Crippen molar-refractivity contribution >= 4 is 69.3 Å². The number of aliphatic hydroxyl groups excluding tert-OH is 2. The maximum Gasteiger partial charge on any atom is 0.323 e. The molecule has 0 saturated carbocycles. The smallest absolute Gasteiger partial charge is 0.323 e. The number of rotatable bonds is 24. The summed E-state index contributed by atoms with van der Waals surface area (Å²) in [4.78, 5) is 46.7. The molecule has 0 radical (unpaired) electrons. The number of hydrogen-bond acceptors (Lipinski definition) is 18. The number of ether oxygens (including phenoxy) is 6. The van der Waals surface area contributed by atoms with E-state index in [1.54, 1.807) is 91.4 Å². The van der Waals surface area contributed by atoms with Crippen molar-refractivity contribution in [3.8, 4) is 75.0 Å². The molecular formula is C85H67BrCl3F2N7O12. The zero-order chi connectivity index (χ0) is 77.8. The summed E-state index contributed by atoms with van der Waals surface area (Å²) in [6.07, 6.45) is 14.4. The number of aldehydes is 2. The van der Waals surface area contributed by atoms with E-state index in [1.807, 2.05) is 78.9 Å². The van der Waals surface area contributed by atoms with Crippen LogP contribution in [0.1, 0.15) is 131 Å². The second kappa shape index (κ2) is 38.0. The third kappa shape index (κ3) is 19.3. The van der Waals surface area contributed by atoms with Crippen molar-refractivity contribution in [3.63, 3.8) is 0 Å². The van der Waals surface area contributed by atoms with Crippen molar-refractivity contribution < 1.29 is 66.9 Å². The topological polar surface area (TPSA) is 289 Å². The molecule has 11 aromatic rings. The molecule has 25 heteroatoms. The maximum absolute atomic E-state index is 14.6. The number of carbonyl (C=O) groups excluding carboxylic acids is 2. The summed E-state index contributed by atoms with van der Waals surface area (Å²) < 4.78 is 66.9. The van der Waals surface area contributed by atoms with E-state index < -0.39 is 18.6 Å². The highest BCUT2D eigenvalue weighted by Crippen LogP contribution is 2.47. The summed E-state index contributed by atoms with van der Waals surface area (Å²) in [6.45, 7) is -0.200. The van der Waals surface area contributed by atoms with Gasteiger partial charge in [0.15, 0.2) is 12.6 Å². The number of carboxylic acids is 1. The molecular weight excluding hydrogens is 1540 g/mol. The standard InChI is InChI=1S/C32H27ClFN3O5.C29H20ClFN2O3.C23H16BrClN2O3.CH4O/c33-26-11-21(16-37-28(17-38)32(39)40)30(41-18-20-10-19(13-35)14-36-15-20)12-31(26)42-29-9-8-23-22(5-3-6-25(23)29)24-4-1-2-7-27(24)34;30-25-11-20(16-34)28(35-17-19-10-18(13-32)14-33-15-19)12-29(25)36-27-9-8-22-21(5-3-6-24(22)27)23-4-1-2-7-26(23)31;24-19-3-1-2-18-17(19)4-5-21(18)30-23-8-22(16(12-28)7-20(23)25)29-13-15-6-14(9-26)10-27-11-15;1-2/h1-7,10-12,14-15,28-29,37-38H,8-9,16-18H2,(H,39,40);1-7,10-12,14-16,27H,8-9,17H2;1-3,6-8,10-12,21H,4-5,13H2;2H,1H3/t28-,29-;27-;21-;/m000./s1. The van der Waals surface area contributed by atoms with Crippen LogP contribution in [-0.4, -0.2) is 68.6 Å². The molecule has 0 fully saturated rings. The molecule has 4 atom stereocenters. The zero-order valence-electron chi connectivity index (χ0n) is 58.7. The number of aliphatic carboxylic acids is 1. The normalized spacial score (nSPS) is 14.2. The van der Waals surface area contributed by atoms with Gasteiger partial charge < -0.3 is 43.7 Å². The number of pyridine rings is 3. The van der Waals surface area contributed by atoms with Crippen LogP contribution in [0.15, 0.2) is 199 Å². The third-order valence-electron chi connectivity index (χ3n) is 18.2. The summed E-state index contributed by atoms with van der Waals surface area (Å²) in [5.41, 5.74) is 13.6. The zero-order valence-corrected chi connectivity index (χ0v) is 62.5. The number of aromatic nitrogens is 3. The van der Waals surface area contributed by atoms with E-state index in [0.29, 0.717) is 126 Å². The number of fused-ring (bicyclic) bond motifs is 3. The molecule has 0 bridgehead atoms. The van der Waals surface area contributed by atoms with E-state index in [4.69, 9.17) is 78.9 Å². The number of hydrogen-bond donors (Lipinski definition) is 4. The molecule has 3 aliphatic rings. The Labute approximate surface area is 655 Å². The molecule has 110 heavy (non-hydrogen) atoms. The van der Waals surface area contributed by atoms with Crippen LogP contribution in [0.3, 0.4) is 0 Å². The first-order chi connectivity index (χ1) is 53.5. The lowest BCUT2D eigenvalue weighted by Gasteiger charge is -2.20. The fourth-order valence-corrected chi connectivity index (χ4v) is 14.2. The Balaban J connectivity index is 0.000000164. The second-order valence-corrected chi connectivity index (χ2v) is 27.2. The second-order valence-electron chi connectivity index (χ2n) is 25.1. The average Bonchev–Trinajstić information content (AvgIpc) is 1.62. The fraction of sp³-hybridized carbons (Fsp3) is 0.188. The predicted octanol–water partition coefficient (Wildman–Crippen LogP) is 17.9. The molecule has 4 N–H and O–H groups in total. The van der Waals surface area contributed by atoms with Gasteiger partial charge in [0.2, 0.25) is 0 Å². The quantitative estimate of drug-likeness (QED) is 0.0409. The van der Waals surface area contributed by atoms with Crippen molar-refractivity contribution in [1.29, 1.82) is 15.8 Å². The van der Waals surface area contributed by atoms with Crippen molar-refractivity contribution in [3.05, 3.63) is 310 Å². The minimum Gasteiger partial charge on any atom is -0.488 e. The number of benzene rings is 8. The minimum absolute atomic E-state index is 0.0433. The Morgan fingerprint density at radius 2 is 0.891 bits per heavy atom. The van der Waals surface area contributed by atoms with Crippen molar-refractivity contribution in [2.45, 2.75) is 89.2 Å². The van der Waals surface area contributed by atoms with Crippen LogP contribution in [0.2, 0.25) is 15.1 Å². The molecule has 19 nitrogen and oxygen atoms in total. The lowest BCUT2D eigenvalue weighted by molar-refractivity contribution is -0.140. The van der Waals surface area contributed by atoms with Gasteiger partial charge in [-0.3, -0.25) is 34.7 Å². The van der Waals surface area contributed by atoms with Crippen LogP contribution < -0.4 is 33.7 Å². The molecule has 8 aromatic carbocycles. The number of carboxylic acid groups (broad SMARTS) is 1. The number of nitriles is 3. The molecule has 14 rings (SSSR count). The SMILES string of the molecule is CO.N#Cc1cncc(COc2cc(O[C@H]3CCc4c(-c5ccccc5F)cccc43)c(Cl)cc2C=O)c1.N#Cc1cncc(COc2cc(O[C@H]3CCc4c(-c5ccccc5F)cccc43)c(Cl)cc2CN[C@@H](CO)C(=O)O)c1.N#Cc1cncc(COc2cc(O[C@H]3CCc4c(Br)cccc43)c(Cl)cc2C=O)c1. The number of aliphatic hydroxyl groups is 2. The van der Waals surface area contributed by atoms with Crippen LogP contribution >= 0.6 is 50.7 Å². The molecule has 0 unspecified atom stereocenters. The van der Waals surface area contributed by atoms with E-state index in [2.05, 4.69) is 42.3 Å². The lowest BCUT2D eigenvalue weighted by Crippen LogP contribution is -2.39. The van der Waals surface area contributed by atoms with Crippen LogP contribution in [0.5, 0.6) is 34.5 Å². The first-order valence-corrected chi connectivity index (χ1v) is 36.3. The fourth-order valence-electron chi connectivity index (χ4n) is 13.0. The Morgan fingerprint density at radius 3 is 1.29 bits per heavy atom. The molecule has 0 amide bonds. The van der Waals surface area contributed by atoms with E-state index >= 15 is 0 Å². The van der Waals surface area contributed by atoms with Gasteiger partial charge in [0, 0.05) is 107 Å². The van der Waals surface area contributed by atoms with Gasteiger partial charge in [0.25, 0.3) is 0 Å². The van der Waals surface area contributed by atoms with Gasteiger partial charge >= 0.3 is 5.97 Å². The molecule has 3 aromatic heterocycles. The average molecular weight is 1600 g/mol. The Bertz CT molecular complexity index is 5350. The van der Waals surface area contributed by atoms with E-state index in [0.717, 1.165) is 75.4 Å². The van der Waals surface area contributed by atoms with Crippen molar-refractivity contribution in [2.24, 2.45) is 0 Å². The van der Waals surface area contributed by atoms with Crippen LogP contribution in [0.25, 0.3) is 22.3 Å². The highest BCUT2D eigenvalue weighted by atomic mass is 79.9. The summed E-state index contributed by atoms with van der Waals surface area (Å²) in [7, 11) is 1.00. The summed E-state index contributed by atoms with van der Waals surface area (Å²) >= 11 is 23.1. The minimum atomic E-state index is -1.19. The number of halogens is 6. The van der Waals surface area contributed by atoms with Gasteiger partial charge in [-0.25, -0.2) is 8.78 Å². The first kappa shape index (κ1) is 79.4. The van der Waals surface area contributed by atoms with Gasteiger partial charge in [-0.05, 0) is 138 Å². The van der Waals surface area contributed by atoms with Crippen molar-refractivity contribution in [1.82, 2.24) is 20.3 Å². The molecule has 3 heterocycles. The van der Waals surface area contributed by atoms with E-state index in [9.17, 15) is 38.6 Å². The molecule has 0 aliphatic heterocycles. The highest BCUT2D eigenvalue weighted by Gasteiger charge is 2.32. The highest BCUT2D eigenvalue weighted by molar-refractivity contribution is 9.10. The number of carbonyl (C=O) groups is 3. The van der Waals surface area contributed by atoms with Crippen molar-refractivity contribution in [2.75, 3.05) is 13.7 Å². The van der Waals surface area contributed by atoms with E-state index in [1.165, 1.54) is 42.4 Å². The van der Waals surface area contributed by atoms with E-state index in [-0.39, 0.29) is 66.9 Å². The third-order valence-corrected chi connectivity index (χ3v) is 19.8. The van der Waals surface area contributed by atoms with Gasteiger partial charge in [-0.2, -0.15) is 15.8 Å². The maximum atomic E-state index is 14.6. The molecule has 3 aliphatic carbocycles. The Kier molecular flexibility index (Phi) is 27.4. The number of nitrogens with zero attached hydrogens (tertiary/aromatic N) is 6. The number of nitrogens with one attached hydrogen (secondary N) is 1. The largest absolute Gasteiger partial charge is 0.488 e. The predicted molar refractivity (Wildman–Crippen MR) is 411 cm³/mol. The van der Waals surface area contributed by atoms with Crippen LogP contribution in [0, 0.1) is 45.6 Å². The summed E-state index contributed by atoms with van der Waals surface area (Å²) in [5, 5.41) is 56.7. The lowest BCUT2D eigenvalue weighted by atomic mass is 9.96. The molecule has 556 valence electrons.